The summed E-state index contributed by atoms with van der Waals surface area (Å²) in [5.41, 5.74) is 6.25. The SMILES string of the molecule is COC(=O)C1(N(C)CCc2c(C)cc(C)c(C)c2C)CCN(OC)CC1. The highest BCUT2D eigenvalue weighted by Gasteiger charge is 2.45. The summed E-state index contributed by atoms with van der Waals surface area (Å²) >= 11 is 0. The minimum atomic E-state index is -0.564. The van der Waals surface area contributed by atoms with Crippen molar-refractivity contribution in [2.45, 2.75) is 52.5 Å². The van der Waals surface area contributed by atoms with Gasteiger partial charge in [-0.1, -0.05) is 6.07 Å². The number of hydrogen-bond acceptors (Lipinski definition) is 5. The highest BCUT2D eigenvalue weighted by Crippen LogP contribution is 2.30. The highest BCUT2D eigenvalue weighted by molar-refractivity contribution is 5.81. The molecular formula is C21H34N2O3. The minimum Gasteiger partial charge on any atom is -0.468 e. The second-order valence-corrected chi connectivity index (χ2v) is 7.55. The van der Waals surface area contributed by atoms with Gasteiger partial charge in [0, 0.05) is 19.6 Å². The maximum absolute atomic E-state index is 12.6. The first kappa shape index (κ1) is 20.9. The lowest BCUT2D eigenvalue weighted by atomic mass is 9.85. The summed E-state index contributed by atoms with van der Waals surface area (Å²) in [4.78, 5) is 20.2. The highest BCUT2D eigenvalue weighted by atomic mass is 16.7. The van der Waals surface area contributed by atoms with Crippen LogP contribution in [0.3, 0.4) is 0 Å². The molecule has 5 heteroatoms. The fourth-order valence-electron chi connectivity index (χ4n) is 4.19. The first-order chi connectivity index (χ1) is 12.3. The average Bonchev–Trinajstić information content (AvgIpc) is 2.65. The molecule has 146 valence electrons. The summed E-state index contributed by atoms with van der Waals surface area (Å²) in [6.45, 7) is 11.0. The van der Waals surface area contributed by atoms with E-state index in [0.29, 0.717) is 0 Å². The van der Waals surface area contributed by atoms with Gasteiger partial charge in [0.05, 0.1) is 14.2 Å². The van der Waals surface area contributed by atoms with Crippen LogP contribution >= 0.6 is 0 Å². The lowest BCUT2D eigenvalue weighted by molar-refractivity contribution is -0.180. The Morgan fingerprint density at radius 2 is 1.73 bits per heavy atom. The molecule has 0 unspecified atom stereocenters. The summed E-state index contributed by atoms with van der Waals surface area (Å²) in [5, 5.41) is 1.91. The van der Waals surface area contributed by atoms with Crippen molar-refractivity contribution in [2.75, 3.05) is 40.9 Å². The Balaban J connectivity index is 2.18. The van der Waals surface area contributed by atoms with Crippen LogP contribution in [0.25, 0.3) is 0 Å². The van der Waals surface area contributed by atoms with Gasteiger partial charge < -0.3 is 9.57 Å². The number of piperidine rings is 1. The Morgan fingerprint density at radius 1 is 1.12 bits per heavy atom. The van der Waals surface area contributed by atoms with E-state index < -0.39 is 5.54 Å². The van der Waals surface area contributed by atoms with Crippen molar-refractivity contribution in [3.63, 3.8) is 0 Å². The van der Waals surface area contributed by atoms with E-state index in [1.54, 1.807) is 7.11 Å². The monoisotopic (exact) mass is 362 g/mol. The summed E-state index contributed by atoms with van der Waals surface area (Å²) in [5.74, 6) is -0.135. The molecule has 26 heavy (non-hydrogen) atoms. The number of aryl methyl sites for hydroxylation is 2. The van der Waals surface area contributed by atoms with Crippen LogP contribution in [0.1, 0.15) is 40.7 Å². The van der Waals surface area contributed by atoms with Gasteiger partial charge in [0.2, 0.25) is 0 Å². The molecule has 5 nitrogen and oxygen atoms in total. The van der Waals surface area contributed by atoms with Crippen LogP contribution < -0.4 is 0 Å². The molecule has 0 aromatic heterocycles. The number of rotatable bonds is 6. The topological polar surface area (TPSA) is 42.0 Å². The van der Waals surface area contributed by atoms with Gasteiger partial charge in [-0.2, -0.15) is 5.06 Å². The van der Waals surface area contributed by atoms with Crippen LogP contribution in [0.5, 0.6) is 0 Å². The molecule has 0 atom stereocenters. The van der Waals surface area contributed by atoms with Gasteiger partial charge in [-0.05, 0) is 81.8 Å². The first-order valence-electron chi connectivity index (χ1n) is 9.41. The maximum atomic E-state index is 12.6. The number of ether oxygens (including phenoxy) is 1. The van der Waals surface area contributed by atoms with E-state index in [1.807, 2.05) is 12.1 Å². The summed E-state index contributed by atoms with van der Waals surface area (Å²) in [7, 11) is 5.21. The quantitative estimate of drug-likeness (QED) is 0.728. The minimum absolute atomic E-state index is 0.135. The number of hydroxylamine groups is 2. The maximum Gasteiger partial charge on any atom is 0.326 e. The molecule has 0 saturated carbocycles. The van der Waals surface area contributed by atoms with Gasteiger partial charge in [-0.3, -0.25) is 9.69 Å². The third-order valence-electron chi connectivity index (χ3n) is 6.32. The predicted molar refractivity (Wildman–Crippen MR) is 104 cm³/mol. The number of hydrogen-bond donors (Lipinski definition) is 0. The Bertz CT molecular complexity index is 649. The zero-order valence-electron chi connectivity index (χ0n) is 17.4. The Kier molecular flexibility index (Phi) is 6.83. The predicted octanol–water partition coefficient (Wildman–Crippen LogP) is 2.96. The van der Waals surface area contributed by atoms with E-state index in [-0.39, 0.29) is 5.97 Å². The molecule has 0 aliphatic carbocycles. The Morgan fingerprint density at radius 3 is 2.27 bits per heavy atom. The number of nitrogens with zero attached hydrogens (tertiary/aromatic N) is 2. The second kappa shape index (κ2) is 8.51. The van der Waals surface area contributed by atoms with Crippen LogP contribution in [0, 0.1) is 27.7 Å². The van der Waals surface area contributed by atoms with Crippen LogP contribution in [0.4, 0.5) is 0 Å². The van der Waals surface area contributed by atoms with E-state index in [0.717, 1.165) is 38.9 Å². The number of esters is 1. The standard InChI is InChI=1S/C21H34N2O3/c1-15-14-16(2)19(18(4)17(15)3)8-11-22(5)21(20(24)25-6)9-12-23(26-7)13-10-21/h14H,8-13H2,1-7H3. The lowest BCUT2D eigenvalue weighted by Crippen LogP contribution is -2.59. The number of likely N-dealkylation sites (N-methyl/N-ethyl adjacent to an activating group) is 1. The van der Waals surface area contributed by atoms with Crippen molar-refractivity contribution in [3.05, 3.63) is 33.9 Å². The molecule has 1 fully saturated rings. The molecule has 0 N–H and O–H groups in total. The van der Waals surface area contributed by atoms with Gasteiger partial charge in [0.15, 0.2) is 0 Å². The van der Waals surface area contributed by atoms with Crippen molar-refractivity contribution < 1.29 is 14.4 Å². The fourth-order valence-corrected chi connectivity index (χ4v) is 4.19. The molecule has 1 aromatic carbocycles. The van der Waals surface area contributed by atoms with E-state index >= 15 is 0 Å². The lowest BCUT2D eigenvalue weighted by Gasteiger charge is -2.44. The third kappa shape index (κ3) is 3.95. The molecule has 0 radical (unpaired) electrons. The van der Waals surface area contributed by atoms with Crippen LogP contribution in [-0.4, -0.2) is 62.4 Å². The Labute approximate surface area is 158 Å². The second-order valence-electron chi connectivity index (χ2n) is 7.55. The van der Waals surface area contributed by atoms with Crippen molar-refractivity contribution in [1.82, 2.24) is 9.96 Å². The average molecular weight is 363 g/mol. The first-order valence-corrected chi connectivity index (χ1v) is 9.41. The van der Waals surface area contributed by atoms with Crippen LogP contribution in [0.15, 0.2) is 6.07 Å². The summed E-state index contributed by atoms with van der Waals surface area (Å²) in [6, 6.07) is 2.27. The number of carbonyl (C=O) groups excluding carboxylic acids is 1. The molecule has 1 aliphatic heterocycles. The third-order valence-corrected chi connectivity index (χ3v) is 6.32. The van der Waals surface area contributed by atoms with E-state index in [1.165, 1.54) is 34.9 Å². The van der Waals surface area contributed by atoms with Gasteiger partial charge >= 0.3 is 5.97 Å². The molecule has 0 bridgehead atoms. The van der Waals surface area contributed by atoms with Crippen molar-refractivity contribution in [2.24, 2.45) is 0 Å². The van der Waals surface area contributed by atoms with Gasteiger partial charge in [-0.15, -0.1) is 0 Å². The smallest absolute Gasteiger partial charge is 0.326 e. The van der Waals surface area contributed by atoms with Crippen LogP contribution in [-0.2, 0) is 20.8 Å². The van der Waals surface area contributed by atoms with Gasteiger partial charge in [0.25, 0.3) is 0 Å². The normalized spacial score (nSPS) is 17.5. The molecule has 0 amide bonds. The Hall–Kier alpha value is -1.43. The number of benzene rings is 1. The largest absolute Gasteiger partial charge is 0.468 e. The number of methoxy groups -OCH3 is 1. The van der Waals surface area contributed by atoms with Crippen LogP contribution in [0.2, 0.25) is 0 Å². The molecule has 0 spiro atoms. The molecular weight excluding hydrogens is 328 g/mol. The molecule has 2 rings (SSSR count). The molecule has 1 aliphatic rings. The molecule has 1 aromatic rings. The van der Waals surface area contributed by atoms with Gasteiger partial charge in [0.1, 0.15) is 5.54 Å². The zero-order chi connectivity index (χ0) is 19.5. The fraction of sp³-hybridized carbons (Fsp3) is 0.667. The van der Waals surface area contributed by atoms with E-state index in [4.69, 9.17) is 9.57 Å². The molecule has 1 saturated heterocycles. The van der Waals surface area contributed by atoms with Crippen molar-refractivity contribution in [3.8, 4) is 0 Å². The zero-order valence-corrected chi connectivity index (χ0v) is 17.4. The van der Waals surface area contributed by atoms with E-state index in [9.17, 15) is 4.79 Å². The summed E-state index contributed by atoms with van der Waals surface area (Å²) < 4.78 is 5.18. The van der Waals surface area contributed by atoms with Crippen molar-refractivity contribution >= 4 is 5.97 Å². The molecule has 1 heterocycles. The van der Waals surface area contributed by atoms with Crippen molar-refractivity contribution in [1.29, 1.82) is 0 Å². The van der Waals surface area contributed by atoms with Gasteiger partial charge in [-0.25, -0.2) is 0 Å². The summed E-state index contributed by atoms with van der Waals surface area (Å²) in [6.07, 6.45) is 2.37. The van der Waals surface area contributed by atoms with E-state index in [2.05, 4.69) is 38.7 Å². The number of carbonyl (C=O) groups is 1.